The Bertz CT molecular complexity index is 261. The molecule has 1 aliphatic rings. The van der Waals surface area contributed by atoms with Gasteiger partial charge < -0.3 is 4.18 Å². The van der Waals surface area contributed by atoms with Crippen LogP contribution in [-0.2, 0) is 19.1 Å². The summed E-state index contributed by atoms with van der Waals surface area (Å²) in [5.74, 6) is -0.662. The van der Waals surface area contributed by atoms with Crippen LogP contribution in [0.2, 0.25) is 0 Å². The first-order chi connectivity index (χ1) is 4.35. The maximum atomic E-state index is 10.9. The van der Waals surface area contributed by atoms with Gasteiger partial charge in [-0.3, -0.25) is 4.79 Å². The van der Waals surface area contributed by atoms with Crippen molar-refractivity contribution in [2.75, 3.05) is 0 Å². The summed E-state index contributed by atoms with van der Waals surface area (Å²) < 4.78 is 24.8. The Morgan fingerprint density at radius 1 is 1.50 bits per heavy atom. The van der Waals surface area contributed by atoms with Crippen LogP contribution in [0.25, 0.3) is 0 Å². The molecular weight excluding hydrogens is 156 g/mol. The van der Waals surface area contributed by atoms with Crippen molar-refractivity contribution in [3.05, 3.63) is 0 Å². The predicted molar refractivity (Wildman–Crippen MR) is 33.7 cm³/mol. The van der Waals surface area contributed by atoms with Crippen LogP contribution in [0.5, 0.6) is 0 Å². The Balaban J connectivity index is 3.12. The van der Waals surface area contributed by atoms with Crippen LogP contribution in [0.4, 0.5) is 0 Å². The Morgan fingerprint density at radius 2 is 2.00 bits per heavy atom. The third-order valence-electron chi connectivity index (χ3n) is 1.45. The average molecular weight is 164 g/mol. The lowest BCUT2D eigenvalue weighted by atomic mass is 10.1. The second kappa shape index (κ2) is 1.72. The number of hydrogen-bond acceptors (Lipinski definition) is 4. The standard InChI is InChI=1S/C5H8O4S/c1-5(2)3-4(6)9-10(5,7)8/h3H2,1-2H3. The summed E-state index contributed by atoms with van der Waals surface area (Å²) in [6, 6.07) is 0. The largest absolute Gasteiger partial charge is 0.345 e. The minimum absolute atomic E-state index is 0.0463. The summed E-state index contributed by atoms with van der Waals surface area (Å²) >= 11 is 0. The van der Waals surface area contributed by atoms with Crippen molar-refractivity contribution >= 4 is 16.1 Å². The molecule has 0 spiro atoms. The van der Waals surface area contributed by atoms with Gasteiger partial charge in [-0.1, -0.05) is 0 Å². The monoisotopic (exact) mass is 164 g/mol. The van der Waals surface area contributed by atoms with Gasteiger partial charge in [0.2, 0.25) is 0 Å². The van der Waals surface area contributed by atoms with Gasteiger partial charge >= 0.3 is 16.1 Å². The fraction of sp³-hybridized carbons (Fsp3) is 0.800. The van der Waals surface area contributed by atoms with Crippen molar-refractivity contribution < 1.29 is 17.4 Å². The number of carbonyl (C=O) groups excluding carboxylic acids is 1. The van der Waals surface area contributed by atoms with E-state index in [0.717, 1.165) is 0 Å². The van der Waals surface area contributed by atoms with Crippen LogP contribution in [0.1, 0.15) is 20.3 Å². The van der Waals surface area contributed by atoms with Crippen molar-refractivity contribution in [2.45, 2.75) is 25.0 Å². The molecule has 0 aromatic rings. The summed E-state index contributed by atoms with van der Waals surface area (Å²) in [5.41, 5.74) is 0. The lowest BCUT2D eigenvalue weighted by Gasteiger charge is -2.09. The van der Waals surface area contributed by atoms with Crippen LogP contribution >= 0.6 is 0 Å². The van der Waals surface area contributed by atoms with Crippen molar-refractivity contribution in [3.8, 4) is 0 Å². The lowest BCUT2D eigenvalue weighted by molar-refractivity contribution is -0.132. The molecule has 0 aromatic carbocycles. The van der Waals surface area contributed by atoms with Crippen molar-refractivity contribution in [3.63, 3.8) is 0 Å². The third kappa shape index (κ3) is 0.901. The van der Waals surface area contributed by atoms with Gasteiger partial charge in [0.1, 0.15) is 4.75 Å². The molecule has 0 radical (unpaired) electrons. The molecule has 5 heteroatoms. The Morgan fingerprint density at radius 3 is 2.10 bits per heavy atom. The van der Waals surface area contributed by atoms with Crippen molar-refractivity contribution in [2.24, 2.45) is 0 Å². The van der Waals surface area contributed by atoms with Gasteiger partial charge in [-0.15, -0.1) is 0 Å². The second-order valence-electron chi connectivity index (χ2n) is 2.85. The number of rotatable bonds is 0. The topological polar surface area (TPSA) is 60.4 Å². The van der Waals surface area contributed by atoms with E-state index in [0.29, 0.717) is 0 Å². The van der Waals surface area contributed by atoms with Gasteiger partial charge in [0.15, 0.2) is 0 Å². The first-order valence-corrected chi connectivity index (χ1v) is 4.23. The first kappa shape index (κ1) is 7.53. The predicted octanol–water partition coefficient (Wildman–Crippen LogP) is 0.0417. The normalized spacial score (nSPS) is 28.0. The molecule has 10 heavy (non-hydrogen) atoms. The highest BCUT2D eigenvalue weighted by Crippen LogP contribution is 2.29. The molecule has 1 fully saturated rings. The molecule has 1 heterocycles. The Labute approximate surface area is 59.3 Å². The van der Waals surface area contributed by atoms with Gasteiger partial charge in [-0.25, -0.2) is 0 Å². The molecule has 0 aromatic heterocycles. The van der Waals surface area contributed by atoms with Crippen molar-refractivity contribution in [1.82, 2.24) is 0 Å². The van der Waals surface area contributed by atoms with E-state index in [-0.39, 0.29) is 6.42 Å². The second-order valence-corrected chi connectivity index (χ2v) is 5.03. The molecule has 0 saturated carbocycles. The van der Waals surface area contributed by atoms with Crippen LogP contribution in [-0.4, -0.2) is 19.1 Å². The lowest BCUT2D eigenvalue weighted by Crippen LogP contribution is -2.25. The molecule has 0 atom stereocenters. The number of carbonyl (C=O) groups is 1. The summed E-state index contributed by atoms with van der Waals surface area (Å²) in [6.45, 7) is 2.93. The highest BCUT2D eigenvalue weighted by Gasteiger charge is 2.46. The molecule has 1 rings (SSSR count). The van der Waals surface area contributed by atoms with E-state index in [4.69, 9.17) is 0 Å². The zero-order valence-corrected chi connectivity index (χ0v) is 6.56. The van der Waals surface area contributed by atoms with E-state index in [1.165, 1.54) is 13.8 Å². The summed E-state index contributed by atoms with van der Waals surface area (Å²) in [5, 5.41) is 0. The van der Waals surface area contributed by atoms with Gasteiger partial charge in [-0.05, 0) is 13.8 Å². The third-order valence-corrected chi connectivity index (χ3v) is 3.35. The van der Waals surface area contributed by atoms with E-state index in [2.05, 4.69) is 4.18 Å². The molecule has 0 bridgehead atoms. The first-order valence-electron chi connectivity index (χ1n) is 2.82. The van der Waals surface area contributed by atoms with Gasteiger partial charge in [0.25, 0.3) is 0 Å². The summed E-state index contributed by atoms with van der Waals surface area (Å²) in [7, 11) is -3.62. The fourth-order valence-corrected chi connectivity index (χ4v) is 1.52. The van der Waals surface area contributed by atoms with Gasteiger partial charge in [0, 0.05) is 0 Å². The molecule has 0 aliphatic carbocycles. The maximum absolute atomic E-state index is 10.9. The Hall–Kier alpha value is -0.580. The van der Waals surface area contributed by atoms with Crippen LogP contribution in [0.15, 0.2) is 0 Å². The molecule has 0 unspecified atom stereocenters. The molecule has 0 amide bonds. The van der Waals surface area contributed by atoms with Gasteiger partial charge in [-0.2, -0.15) is 8.42 Å². The van der Waals surface area contributed by atoms with E-state index in [9.17, 15) is 13.2 Å². The molecule has 0 N–H and O–H groups in total. The van der Waals surface area contributed by atoms with Crippen LogP contribution < -0.4 is 0 Å². The molecule has 1 saturated heterocycles. The Kier molecular flexibility index (Phi) is 1.29. The molecule has 1 aliphatic heterocycles. The van der Waals surface area contributed by atoms with E-state index < -0.39 is 20.8 Å². The molecular formula is C5H8O4S. The summed E-state index contributed by atoms with van der Waals surface area (Å²) in [6.07, 6.45) is -0.0463. The highest BCUT2D eigenvalue weighted by atomic mass is 32.2. The molecule has 4 nitrogen and oxygen atoms in total. The highest BCUT2D eigenvalue weighted by molar-refractivity contribution is 7.89. The van der Waals surface area contributed by atoms with Crippen LogP contribution in [0, 0.1) is 0 Å². The minimum Gasteiger partial charge on any atom is -0.345 e. The maximum Gasteiger partial charge on any atom is 0.323 e. The SMILES string of the molecule is CC1(C)CC(=O)OS1(=O)=O. The molecule has 58 valence electrons. The number of hydrogen-bond donors (Lipinski definition) is 0. The van der Waals surface area contributed by atoms with E-state index in [1.54, 1.807) is 0 Å². The van der Waals surface area contributed by atoms with Gasteiger partial charge in [0.05, 0.1) is 6.42 Å². The quantitative estimate of drug-likeness (QED) is 0.474. The van der Waals surface area contributed by atoms with E-state index in [1.807, 2.05) is 0 Å². The summed E-state index contributed by atoms with van der Waals surface area (Å²) in [4.78, 5) is 10.5. The smallest absolute Gasteiger partial charge is 0.323 e. The minimum atomic E-state index is -3.62. The average Bonchev–Trinajstić information content (AvgIpc) is 1.73. The fourth-order valence-electron chi connectivity index (χ4n) is 0.701. The van der Waals surface area contributed by atoms with Crippen molar-refractivity contribution in [1.29, 1.82) is 0 Å². The zero-order valence-electron chi connectivity index (χ0n) is 5.75. The van der Waals surface area contributed by atoms with Crippen LogP contribution in [0.3, 0.4) is 0 Å². The van der Waals surface area contributed by atoms with E-state index >= 15 is 0 Å². The zero-order chi connectivity index (χ0) is 7.99.